The Kier molecular flexibility index (Phi) is 8.90. The molecule has 1 aliphatic heterocycles. The van der Waals surface area contributed by atoms with E-state index in [0.29, 0.717) is 61.7 Å². The van der Waals surface area contributed by atoms with E-state index in [0.717, 1.165) is 11.3 Å². The van der Waals surface area contributed by atoms with E-state index in [9.17, 15) is 14.4 Å². The third-order valence-electron chi connectivity index (χ3n) is 6.96. The van der Waals surface area contributed by atoms with Crippen LogP contribution >= 0.6 is 0 Å². The highest BCUT2D eigenvalue weighted by molar-refractivity contribution is 5.99. The fourth-order valence-corrected chi connectivity index (χ4v) is 4.66. The highest BCUT2D eigenvalue weighted by Gasteiger charge is 2.21. The number of hydrogen-bond donors (Lipinski definition) is 2. The van der Waals surface area contributed by atoms with Gasteiger partial charge in [0, 0.05) is 49.7 Å². The molecule has 3 amide bonds. The molecular weight excluding hydrogens is 536 g/mol. The van der Waals surface area contributed by atoms with Gasteiger partial charge in [0.15, 0.2) is 0 Å². The monoisotopic (exact) mass is 570 g/mol. The summed E-state index contributed by atoms with van der Waals surface area (Å²) in [5.74, 6) is -0.389. The van der Waals surface area contributed by atoms with Gasteiger partial charge in [-0.25, -0.2) is 4.98 Å². The predicted molar refractivity (Wildman–Crippen MR) is 154 cm³/mol. The summed E-state index contributed by atoms with van der Waals surface area (Å²) < 4.78 is 9.55. The van der Waals surface area contributed by atoms with Crippen LogP contribution in [0.25, 0.3) is 5.69 Å². The highest BCUT2D eigenvalue weighted by Crippen LogP contribution is 2.21. The quantitative estimate of drug-likeness (QED) is 0.378. The second-order valence-corrected chi connectivity index (χ2v) is 10.3. The number of aryl methyl sites for hydroxylation is 2. The lowest BCUT2D eigenvalue weighted by Crippen LogP contribution is -2.45. The van der Waals surface area contributed by atoms with E-state index in [1.54, 1.807) is 47.2 Å². The average Bonchev–Trinajstić information content (AvgIpc) is 3.69. The van der Waals surface area contributed by atoms with E-state index >= 15 is 0 Å². The number of fused-ring (bicyclic) bond motifs is 3. The van der Waals surface area contributed by atoms with Crippen molar-refractivity contribution in [2.45, 2.75) is 45.8 Å². The molecule has 1 aliphatic rings. The zero-order chi connectivity index (χ0) is 29.5. The molecule has 0 unspecified atom stereocenters. The molecule has 5 rings (SSSR count). The third-order valence-corrected chi connectivity index (χ3v) is 6.96. The molecule has 1 atom stereocenters. The minimum atomic E-state index is -0.755. The van der Waals surface area contributed by atoms with Crippen LogP contribution in [0.3, 0.4) is 0 Å². The Bertz CT molecular complexity index is 1530. The van der Waals surface area contributed by atoms with Crippen LogP contribution in [0.1, 0.15) is 51.7 Å². The van der Waals surface area contributed by atoms with Gasteiger partial charge in [0.1, 0.15) is 17.5 Å². The number of nitrogens with zero attached hydrogens (tertiary/aromatic N) is 6. The molecule has 2 aromatic carbocycles. The van der Waals surface area contributed by atoms with Crippen LogP contribution in [-0.2, 0) is 17.9 Å². The van der Waals surface area contributed by atoms with Gasteiger partial charge in [-0.2, -0.15) is 0 Å². The van der Waals surface area contributed by atoms with E-state index in [-0.39, 0.29) is 24.3 Å². The van der Waals surface area contributed by atoms with Crippen molar-refractivity contribution in [1.29, 1.82) is 0 Å². The Hall–Kier alpha value is -5.00. The van der Waals surface area contributed by atoms with Crippen molar-refractivity contribution < 1.29 is 19.1 Å². The molecule has 0 saturated carbocycles. The number of hydrogen-bond acceptors (Lipinski definition) is 7. The smallest absolute Gasteiger partial charge is 0.255 e. The molecule has 0 saturated heterocycles. The molecular formula is C30H34N8O4. The number of ether oxygens (including phenoxy) is 1. The number of nitrogens with one attached hydrogen (secondary N) is 2. The minimum Gasteiger partial charge on any atom is -0.493 e. The molecule has 0 aliphatic carbocycles. The molecule has 218 valence electrons. The van der Waals surface area contributed by atoms with Gasteiger partial charge in [-0.3, -0.25) is 19.1 Å². The molecule has 42 heavy (non-hydrogen) atoms. The van der Waals surface area contributed by atoms with Gasteiger partial charge in [-0.15, -0.1) is 5.10 Å². The van der Waals surface area contributed by atoms with E-state index in [2.05, 4.69) is 25.9 Å². The Balaban J connectivity index is 1.32. The fraction of sp³-hybridized carbons (Fsp3) is 0.333. The number of carbonyl (C=O) groups excluding carboxylic acids is 3. The lowest BCUT2D eigenvalue weighted by molar-refractivity contribution is -0.122. The van der Waals surface area contributed by atoms with Crippen molar-refractivity contribution in [3.63, 3.8) is 0 Å². The predicted octanol–water partition coefficient (Wildman–Crippen LogP) is 2.52. The largest absolute Gasteiger partial charge is 0.493 e. The molecule has 2 aromatic heterocycles. The van der Waals surface area contributed by atoms with Crippen molar-refractivity contribution >= 4 is 17.7 Å². The molecule has 2 N–H and O–H groups in total. The summed E-state index contributed by atoms with van der Waals surface area (Å²) >= 11 is 0. The summed E-state index contributed by atoms with van der Waals surface area (Å²) in [5, 5.41) is 14.1. The third kappa shape index (κ3) is 7.00. The first kappa shape index (κ1) is 28.5. The lowest BCUT2D eigenvalue weighted by Gasteiger charge is -2.22. The summed E-state index contributed by atoms with van der Waals surface area (Å²) in [7, 11) is 0. The van der Waals surface area contributed by atoms with Crippen LogP contribution in [0.4, 0.5) is 0 Å². The molecule has 4 aromatic rings. The van der Waals surface area contributed by atoms with E-state index in [4.69, 9.17) is 4.74 Å². The number of amides is 3. The van der Waals surface area contributed by atoms with Gasteiger partial charge in [-0.05, 0) is 62.2 Å². The summed E-state index contributed by atoms with van der Waals surface area (Å²) in [6, 6.07) is 11.9. The molecule has 0 radical (unpaired) electrons. The zero-order valence-corrected chi connectivity index (χ0v) is 23.7. The molecule has 2 bridgehead atoms. The molecule has 0 fully saturated rings. The molecule has 12 nitrogen and oxygen atoms in total. The minimum absolute atomic E-state index is 0.152. The van der Waals surface area contributed by atoms with E-state index in [1.807, 2.05) is 48.1 Å². The Labute approximate surface area is 243 Å². The topological polar surface area (TPSA) is 136 Å². The normalized spacial score (nSPS) is 17.1. The van der Waals surface area contributed by atoms with E-state index in [1.165, 1.54) is 0 Å². The Morgan fingerprint density at radius 2 is 1.90 bits per heavy atom. The molecule has 0 spiro atoms. The van der Waals surface area contributed by atoms with Gasteiger partial charge in [-0.1, -0.05) is 11.3 Å². The van der Waals surface area contributed by atoms with Crippen LogP contribution in [0.15, 0.2) is 67.4 Å². The first-order valence-electron chi connectivity index (χ1n) is 14.0. The summed E-state index contributed by atoms with van der Waals surface area (Å²) in [4.78, 5) is 45.1. The summed E-state index contributed by atoms with van der Waals surface area (Å²) in [6.45, 7) is 5.45. The highest BCUT2D eigenvalue weighted by atomic mass is 16.5. The average molecular weight is 571 g/mol. The number of benzene rings is 2. The van der Waals surface area contributed by atoms with Gasteiger partial charge in [0.25, 0.3) is 11.8 Å². The second-order valence-electron chi connectivity index (χ2n) is 10.3. The summed E-state index contributed by atoms with van der Waals surface area (Å²) in [5.41, 5.74) is 3.42. The van der Waals surface area contributed by atoms with Crippen LogP contribution < -0.4 is 15.4 Å². The van der Waals surface area contributed by atoms with Crippen LogP contribution in [0.5, 0.6) is 5.75 Å². The molecule has 12 heteroatoms. The Morgan fingerprint density at radius 3 is 2.69 bits per heavy atom. The van der Waals surface area contributed by atoms with Gasteiger partial charge in [0.05, 0.1) is 31.2 Å². The standard InChI is InChI=1S/C30H34N8O4/c1-21-5-10-26-27(17-21)42-16-4-14-38-19-24(34-35-38)18-36(13-3-11-32-28(39)22(2)33-29(26)40)30(41)23-6-8-25(9-7-23)37-15-12-31-20-37/h5-10,12,15,17,19-20,22H,3-4,11,13-14,16,18H2,1-2H3,(H,32,39)(H,33,40)/t22-/m1/s1. The number of imidazole rings is 1. The maximum absolute atomic E-state index is 13.6. The van der Waals surface area contributed by atoms with Crippen molar-refractivity contribution in [1.82, 2.24) is 40.1 Å². The first-order valence-corrected chi connectivity index (χ1v) is 14.0. The van der Waals surface area contributed by atoms with Gasteiger partial charge < -0.3 is 24.8 Å². The number of rotatable bonds is 2. The lowest BCUT2D eigenvalue weighted by atomic mass is 10.1. The van der Waals surface area contributed by atoms with Crippen LogP contribution in [-0.4, -0.2) is 72.9 Å². The number of carbonyl (C=O) groups is 3. The number of aromatic nitrogens is 5. The zero-order valence-electron chi connectivity index (χ0n) is 23.7. The molecule has 3 heterocycles. The van der Waals surface area contributed by atoms with Crippen molar-refractivity contribution in [3.8, 4) is 11.4 Å². The summed E-state index contributed by atoms with van der Waals surface area (Å²) in [6.07, 6.45) is 8.19. The van der Waals surface area contributed by atoms with Gasteiger partial charge >= 0.3 is 0 Å². The maximum atomic E-state index is 13.6. The van der Waals surface area contributed by atoms with Crippen molar-refractivity contribution in [3.05, 3.63) is 89.8 Å². The Morgan fingerprint density at radius 1 is 1.07 bits per heavy atom. The van der Waals surface area contributed by atoms with Gasteiger partial charge in [0.2, 0.25) is 5.91 Å². The second kappa shape index (κ2) is 13.1. The van der Waals surface area contributed by atoms with Crippen LogP contribution in [0, 0.1) is 6.92 Å². The van der Waals surface area contributed by atoms with Crippen LogP contribution in [0.2, 0.25) is 0 Å². The SMILES string of the molecule is Cc1ccc2c(c1)OCCCn1cc(nn1)CN(C(=O)c1ccc(-n3ccnc3)cc1)CCCNC(=O)[C@@H](C)NC2=O. The van der Waals surface area contributed by atoms with Crippen molar-refractivity contribution in [2.75, 3.05) is 19.7 Å². The fourth-order valence-electron chi connectivity index (χ4n) is 4.66. The van der Waals surface area contributed by atoms with Crippen molar-refractivity contribution in [2.24, 2.45) is 0 Å². The maximum Gasteiger partial charge on any atom is 0.255 e. The van der Waals surface area contributed by atoms with E-state index < -0.39 is 6.04 Å². The first-order chi connectivity index (χ1) is 20.4.